The normalized spacial score (nSPS) is 22.8. The Morgan fingerprint density at radius 2 is 2.00 bits per heavy atom. The Labute approximate surface area is 137 Å². The maximum Gasteiger partial charge on any atom is 0.309 e. The molecule has 0 radical (unpaired) electrons. The van der Waals surface area contributed by atoms with E-state index >= 15 is 0 Å². The predicted molar refractivity (Wildman–Crippen MR) is 91.9 cm³/mol. The van der Waals surface area contributed by atoms with Crippen molar-refractivity contribution in [3.63, 3.8) is 0 Å². The van der Waals surface area contributed by atoms with Crippen molar-refractivity contribution >= 4 is 17.4 Å². The molecule has 0 amide bonds. The minimum Gasteiger partial charge on any atom is -0.469 e. The molecule has 1 aromatic heterocycles. The molecule has 1 atom stereocenters. The molecule has 1 aliphatic rings. The van der Waals surface area contributed by atoms with E-state index in [0.29, 0.717) is 12.1 Å². The van der Waals surface area contributed by atoms with Gasteiger partial charge in [-0.25, -0.2) is 0 Å². The number of rotatable bonds is 2. The van der Waals surface area contributed by atoms with E-state index < -0.39 is 0 Å². The van der Waals surface area contributed by atoms with Gasteiger partial charge in [0.25, 0.3) is 0 Å². The summed E-state index contributed by atoms with van der Waals surface area (Å²) in [6.45, 7) is 6.19. The van der Waals surface area contributed by atoms with Gasteiger partial charge in [-0.1, -0.05) is 0 Å². The number of carbonyl (C=O) groups is 1. The van der Waals surface area contributed by atoms with Gasteiger partial charge in [0, 0.05) is 29.4 Å². The van der Waals surface area contributed by atoms with E-state index in [9.17, 15) is 4.79 Å². The molecule has 0 aromatic carbocycles. The van der Waals surface area contributed by atoms with Crippen LogP contribution in [-0.2, 0) is 9.53 Å². The van der Waals surface area contributed by atoms with E-state index in [-0.39, 0.29) is 17.4 Å². The number of carbonyl (C=O) groups excluding carboxylic acids is 1. The van der Waals surface area contributed by atoms with Gasteiger partial charge in [0.15, 0.2) is 0 Å². The van der Waals surface area contributed by atoms with Crippen molar-refractivity contribution in [2.75, 3.05) is 7.11 Å². The second-order valence-corrected chi connectivity index (χ2v) is 6.82. The summed E-state index contributed by atoms with van der Waals surface area (Å²) in [5, 5.41) is 0. The highest BCUT2D eigenvalue weighted by Gasteiger charge is 2.30. The average Bonchev–Trinajstić information content (AvgIpc) is 2.53. The molecule has 1 unspecified atom stereocenters. The molecule has 1 saturated carbocycles. The minimum atomic E-state index is -0.183. The molecule has 0 aliphatic heterocycles. The Morgan fingerprint density at radius 3 is 2.57 bits per heavy atom. The summed E-state index contributed by atoms with van der Waals surface area (Å²) in [4.78, 5) is 20.8. The third kappa shape index (κ3) is 4.41. The molecule has 1 fully saturated rings. The molecule has 5 heteroatoms. The van der Waals surface area contributed by atoms with Gasteiger partial charge in [-0.2, -0.15) is 0 Å². The summed E-state index contributed by atoms with van der Waals surface area (Å²) in [6.07, 6.45) is 5.47. The van der Waals surface area contributed by atoms with Gasteiger partial charge >= 0.3 is 5.97 Å². The zero-order valence-electron chi connectivity index (χ0n) is 14.3. The lowest BCUT2D eigenvalue weighted by atomic mass is 9.82. The van der Waals surface area contributed by atoms with Crippen LogP contribution in [0.4, 0.5) is 0 Å². The highest BCUT2D eigenvalue weighted by molar-refractivity contribution is 6.07. The first-order valence-corrected chi connectivity index (χ1v) is 7.88. The van der Waals surface area contributed by atoms with E-state index in [1.165, 1.54) is 7.11 Å². The summed E-state index contributed by atoms with van der Waals surface area (Å²) >= 11 is 0. The van der Waals surface area contributed by atoms with Crippen molar-refractivity contribution in [1.82, 2.24) is 4.98 Å². The van der Waals surface area contributed by atoms with E-state index in [2.05, 4.69) is 25.8 Å². The predicted octanol–water partition coefficient (Wildman–Crippen LogP) is 2.96. The molecule has 23 heavy (non-hydrogen) atoms. The molecule has 1 heterocycles. The highest BCUT2D eigenvalue weighted by atomic mass is 16.5. The van der Waals surface area contributed by atoms with Crippen LogP contribution in [0.25, 0.3) is 5.70 Å². The Bertz CT molecular complexity index is 627. The molecule has 5 nitrogen and oxygen atoms in total. The lowest BCUT2D eigenvalue weighted by Crippen LogP contribution is -2.28. The number of methoxy groups -OCH3 is 1. The number of aliphatic imine (C=N–C) groups is 1. The summed E-state index contributed by atoms with van der Waals surface area (Å²) in [6, 6.07) is 3.75. The van der Waals surface area contributed by atoms with Crippen LogP contribution >= 0.6 is 0 Å². The topological polar surface area (TPSA) is 77.6 Å². The summed E-state index contributed by atoms with van der Waals surface area (Å²) in [7, 11) is 1.43. The van der Waals surface area contributed by atoms with Crippen molar-refractivity contribution in [3.05, 3.63) is 35.7 Å². The quantitative estimate of drug-likeness (QED) is 0.851. The fourth-order valence-corrected chi connectivity index (χ4v) is 2.80. The molecular weight excluding hydrogens is 290 g/mol. The number of pyridine rings is 1. The molecule has 124 valence electrons. The number of nitrogens with zero attached hydrogens (tertiary/aromatic N) is 2. The number of aromatic nitrogens is 1. The van der Waals surface area contributed by atoms with Crippen LogP contribution in [0.15, 0.2) is 35.1 Å². The van der Waals surface area contributed by atoms with Crippen molar-refractivity contribution in [3.8, 4) is 0 Å². The van der Waals surface area contributed by atoms with Gasteiger partial charge in [0.05, 0.1) is 18.6 Å². The average molecular weight is 315 g/mol. The summed E-state index contributed by atoms with van der Waals surface area (Å²) in [5.41, 5.74) is 9.74. The number of nitrogens with two attached hydrogens (primary N) is 1. The van der Waals surface area contributed by atoms with E-state index in [0.717, 1.165) is 29.7 Å². The SMILES string of the molecule is COC(=O)C1CCC(=NC(C)(C)C)C(=C(N)c2ccncc2)C1. The van der Waals surface area contributed by atoms with Crippen LogP contribution in [0.2, 0.25) is 0 Å². The van der Waals surface area contributed by atoms with Crippen molar-refractivity contribution in [2.45, 2.75) is 45.6 Å². The number of ether oxygens (including phenoxy) is 1. The zero-order chi connectivity index (χ0) is 17.0. The molecular formula is C18H25N3O2. The van der Waals surface area contributed by atoms with Crippen LogP contribution in [0.5, 0.6) is 0 Å². The molecule has 0 saturated heterocycles. The van der Waals surface area contributed by atoms with Gasteiger partial charge in [-0.15, -0.1) is 0 Å². The first-order valence-electron chi connectivity index (χ1n) is 7.88. The minimum absolute atomic E-state index is 0.158. The van der Waals surface area contributed by atoms with E-state index in [1.54, 1.807) is 12.4 Å². The number of hydrogen-bond acceptors (Lipinski definition) is 5. The standard InChI is InChI=1S/C18H25N3O2/c1-18(2,3)21-15-6-5-13(17(22)23-4)11-14(15)16(19)12-7-9-20-10-8-12/h7-10,13H,5-6,11,19H2,1-4H3. The number of esters is 1. The Balaban J connectivity index is 2.46. The third-order valence-electron chi connectivity index (χ3n) is 3.85. The van der Waals surface area contributed by atoms with Gasteiger partial charge in [-0.3, -0.25) is 14.8 Å². The van der Waals surface area contributed by atoms with Crippen molar-refractivity contribution in [1.29, 1.82) is 0 Å². The largest absolute Gasteiger partial charge is 0.469 e. The Morgan fingerprint density at radius 1 is 1.35 bits per heavy atom. The smallest absolute Gasteiger partial charge is 0.309 e. The second kappa shape index (κ2) is 6.94. The lowest BCUT2D eigenvalue weighted by molar-refractivity contribution is -0.145. The number of allylic oxidation sites excluding steroid dienone is 1. The van der Waals surface area contributed by atoms with Crippen LogP contribution < -0.4 is 5.73 Å². The maximum absolute atomic E-state index is 11.9. The summed E-state index contributed by atoms with van der Waals surface area (Å²) < 4.78 is 4.91. The van der Waals surface area contributed by atoms with Crippen LogP contribution in [0.1, 0.15) is 45.6 Å². The van der Waals surface area contributed by atoms with Crippen molar-refractivity contribution < 1.29 is 9.53 Å². The zero-order valence-corrected chi connectivity index (χ0v) is 14.3. The fraction of sp³-hybridized carbons (Fsp3) is 0.500. The monoisotopic (exact) mass is 315 g/mol. The van der Waals surface area contributed by atoms with E-state index in [1.807, 2.05) is 12.1 Å². The van der Waals surface area contributed by atoms with Crippen LogP contribution in [0, 0.1) is 5.92 Å². The van der Waals surface area contributed by atoms with Crippen molar-refractivity contribution in [2.24, 2.45) is 16.6 Å². The van der Waals surface area contributed by atoms with Gasteiger partial charge in [0.1, 0.15) is 0 Å². The second-order valence-electron chi connectivity index (χ2n) is 6.82. The first kappa shape index (κ1) is 17.2. The maximum atomic E-state index is 11.9. The molecule has 0 bridgehead atoms. The summed E-state index contributed by atoms with van der Waals surface area (Å²) in [5.74, 6) is -0.339. The molecule has 2 N–H and O–H groups in total. The van der Waals surface area contributed by atoms with Gasteiger partial charge < -0.3 is 10.5 Å². The van der Waals surface area contributed by atoms with Crippen LogP contribution in [0.3, 0.4) is 0 Å². The number of hydrogen-bond donors (Lipinski definition) is 1. The van der Waals surface area contributed by atoms with E-state index in [4.69, 9.17) is 15.5 Å². The fourth-order valence-electron chi connectivity index (χ4n) is 2.80. The molecule has 1 aliphatic carbocycles. The van der Waals surface area contributed by atoms with Gasteiger partial charge in [0.2, 0.25) is 0 Å². The Hall–Kier alpha value is -2.17. The third-order valence-corrected chi connectivity index (χ3v) is 3.85. The molecule has 0 spiro atoms. The lowest BCUT2D eigenvalue weighted by Gasteiger charge is -2.27. The molecule has 1 aromatic rings. The Kier molecular flexibility index (Phi) is 5.19. The van der Waals surface area contributed by atoms with Crippen LogP contribution in [-0.4, -0.2) is 29.3 Å². The first-order chi connectivity index (χ1) is 10.8. The molecule has 2 rings (SSSR count). The highest BCUT2D eigenvalue weighted by Crippen LogP contribution is 2.32. The van der Waals surface area contributed by atoms with Gasteiger partial charge in [-0.05, 0) is 57.7 Å².